The summed E-state index contributed by atoms with van der Waals surface area (Å²) < 4.78 is 2.29. The number of para-hydroxylation sites is 1. The summed E-state index contributed by atoms with van der Waals surface area (Å²) in [4.78, 5) is 0. The van der Waals surface area contributed by atoms with Crippen molar-refractivity contribution < 1.29 is 0 Å². The number of rotatable bonds is 6. The molecule has 9 aromatic carbocycles. The normalized spacial score (nSPS) is 11.9. The lowest BCUT2D eigenvalue weighted by Crippen LogP contribution is -1.97. The van der Waals surface area contributed by atoms with E-state index in [1.807, 2.05) is 6.08 Å². The highest BCUT2D eigenvalue weighted by atomic mass is 15.0. The van der Waals surface area contributed by atoms with Crippen LogP contribution in [0.4, 0.5) is 0 Å². The molecule has 57 heavy (non-hydrogen) atoms. The zero-order valence-corrected chi connectivity index (χ0v) is 31.6. The van der Waals surface area contributed by atoms with Gasteiger partial charge in [-0.05, 0) is 137 Å². The molecule has 2 nitrogen and oxygen atoms in total. The molecule has 0 unspecified atom stereocenters. The zero-order chi connectivity index (χ0) is 38.0. The van der Waals surface area contributed by atoms with Gasteiger partial charge in [-0.15, -0.1) is 0 Å². The van der Waals surface area contributed by atoms with E-state index in [1.165, 1.54) is 105 Å². The topological polar surface area (TPSA) is 30.9 Å². The summed E-state index contributed by atoms with van der Waals surface area (Å²) in [5.41, 5.74) is 25.7. The van der Waals surface area contributed by atoms with E-state index in [0.717, 1.165) is 11.4 Å². The van der Waals surface area contributed by atoms with Gasteiger partial charge in [-0.2, -0.15) is 0 Å². The maximum Gasteiger partial charge on any atom is 0.0538 e. The standard InChI is InChI=1S/C55H38N2/c1-35-48-34-40(28-31-50(48)57(49(35)32-33-56)41-18-9-4-10-19-41)36-24-26-37(27-25-36)42-29-30-47-53-43(42)22-13-23-46(53)54-51(38-14-5-2-6-15-38)44-20-11-12-21-45(44)52(55(47)54)39-16-7-3-8-17-39/h2-34H,56H2,1H3/b33-32-. The molecule has 0 radical (unpaired) electrons. The second-order valence-electron chi connectivity index (χ2n) is 15.0. The lowest BCUT2D eigenvalue weighted by atomic mass is 9.82. The molecule has 1 aliphatic carbocycles. The van der Waals surface area contributed by atoms with Crippen LogP contribution in [-0.4, -0.2) is 4.57 Å². The van der Waals surface area contributed by atoms with Gasteiger partial charge in [0, 0.05) is 11.1 Å². The first-order chi connectivity index (χ1) is 28.2. The highest BCUT2D eigenvalue weighted by Gasteiger charge is 2.31. The molecule has 1 aliphatic rings. The molecule has 0 saturated carbocycles. The maximum absolute atomic E-state index is 5.95. The maximum atomic E-state index is 5.95. The molecule has 1 aromatic heterocycles. The lowest BCUT2D eigenvalue weighted by molar-refractivity contribution is 1.10. The summed E-state index contributed by atoms with van der Waals surface area (Å²) in [5.74, 6) is 0. The van der Waals surface area contributed by atoms with E-state index in [0.29, 0.717) is 0 Å². The van der Waals surface area contributed by atoms with Gasteiger partial charge >= 0.3 is 0 Å². The number of aromatic nitrogens is 1. The lowest BCUT2D eigenvalue weighted by Gasteiger charge is -2.20. The first kappa shape index (κ1) is 33.0. The quantitative estimate of drug-likeness (QED) is 0.182. The molecule has 268 valence electrons. The van der Waals surface area contributed by atoms with E-state index in [4.69, 9.17) is 5.73 Å². The van der Waals surface area contributed by atoms with Gasteiger partial charge in [-0.1, -0.05) is 164 Å². The Balaban J connectivity index is 1.07. The molecule has 0 fully saturated rings. The van der Waals surface area contributed by atoms with Gasteiger partial charge in [0.2, 0.25) is 0 Å². The van der Waals surface area contributed by atoms with Gasteiger partial charge in [0.25, 0.3) is 0 Å². The summed E-state index contributed by atoms with van der Waals surface area (Å²) in [7, 11) is 0. The fourth-order valence-electron chi connectivity index (χ4n) is 9.50. The van der Waals surface area contributed by atoms with Gasteiger partial charge < -0.3 is 10.3 Å². The van der Waals surface area contributed by atoms with Crippen LogP contribution in [0.25, 0.3) is 111 Å². The Morgan fingerprint density at radius 1 is 0.404 bits per heavy atom. The zero-order valence-electron chi connectivity index (χ0n) is 31.6. The fourth-order valence-corrected chi connectivity index (χ4v) is 9.50. The van der Waals surface area contributed by atoms with Crippen molar-refractivity contribution in [3.05, 3.63) is 206 Å². The molecule has 0 aliphatic heterocycles. The van der Waals surface area contributed by atoms with Crippen molar-refractivity contribution >= 4 is 38.5 Å². The monoisotopic (exact) mass is 726 g/mol. The number of hydrogen-bond acceptors (Lipinski definition) is 1. The van der Waals surface area contributed by atoms with Gasteiger partial charge in [-0.25, -0.2) is 0 Å². The smallest absolute Gasteiger partial charge is 0.0538 e. The number of nitrogens with zero attached hydrogens (tertiary/aromatic N) is 1. The van der Waals surface area contributed by atoms with Crippen molar-refractivity contribution in [2.45, 2.75) is 6.92 Å². The molecular weight excluding hydrogens is 689 g/mol. The van der Waals surface area contributed by atoms with E-state index >= 15 is 0 Å². The van der Waals surface area contributed by atoms with Gasteiger partial charge in [0.05, 0.1) is 11.2 Å². The van der Waals surface area contributed by atoms with Crippen LogP contribution >= 0.6 is 0 Å². The highest BCUT2D eigenvalue weighted by molar-refractivity contribution is 6.28. The Morgan fingerprint density at radius 2 is 0.930 bits per heavy atom. The Morgan fingerprint density at radius 3 is 1.56 bits per heavy atom. The van der Waals surface area contributed by atoms with Crippen LogP contribution in [-0.2, 0) is 0 Å². The SMILES string of the molecule is Cc1c(/C=C\N)n(-c2ccccc2)c2ccc(-c3ccc(-c4ccc5c6c(cccc46)-c4c-5c(-c5ccccc5)c5ccccc5c4-c4ccccc4)cc3)cc12. The number of hydrogen-bond donors (Lipinski definition) is 1. The summed E-state index contributed by atoms with van der Waals surface area (Å²) >= 11 is 0. The molecule has 11 rings (SSSR count). The van der Waals surface area contributed by atoms with Crippen molar-refractivity contribution in [1.29, 1.82) is 0 Å². The Hall–Kier alpha value is -7.42. The molecule has 0 spiro atoms. The molecule has 0 bridgehead atoms. The van der Waals surface area contributed by atoms with E-state index in [-0.39, 0.29) is 0 Å². The van der Waals surface area contributed by atoms with Crippen molar-refractivity contribution in [3.63, 3.8) is 0 Å². The number of fused-ring (bicyclic) bond motifs is 5. The third kappa shape index (κ3) is 5.04. The second kappa shape index (κ2) is 13.1. The predicted octanol–water partition coefficient (Wildman–Crippen LogP) is 14.5. The highest BCUT2D eigenvalue weighted by Crippen LogP contribution is 2.58. The minimum absolute atomic E-state index is 1.10. The molecule has 2 N–H and O–H groups in total. The van der Waals surface area contributed by atoms with Crippen LogP contribution in [0.3, 0.4) is 0 Å². The Bertz CT molecular complexity index is 3120. The minimum Gasteiger partial charge on any atom is -0.405 e. The summed E-state index contributed by atoms with van der Waals surface area (Å²) in [6.07, 6.45) is 3.63. The fraction of sp³-hybridized carbons (Fsp3) is 0.0182. The molecule has 10 aromatic rings. The minimum atomic E-state index is 1.10. The van der Waals surface area contributed by atoms with Crippen LogP contribution in [0.1, 0.15) is 11.3 Å². The van der Waals surface area contributed by atoms with Crippen molar-refractivity contribution in [2.75, 3.05) is 0 Å². The number of nitrogens with two attached hydrogens (primary N) is 1. The molecule has 2 heteroatoms. The molecule has 0 atom stereocenters. The van der Waals surface area contributed by atoms with E-state index in [1.54, 1.807) is 6.20 Å². The number of aryl methyl sites for hydroxylation is 1. The summed E-state index contributed by atoms with van der Waals surface area (Å²) in [6, 6.07) is 68.8. The second-order valence-corrected chi connectivity index (χ2v) is 15.0. The summed E-state index contributed by atoms with van der Waals surface area (Å²) in [6.45, 7) is 2.19. The first-order valence-electron chi connectivity index (χ1n) is 19.6. The van der Waals surface area contributed by atoms with Gasteiger partial charge in [-0.3, -0.25) is 0 Å². The van der Waals surface area contributed by atoms with Crippen LogP contribution in [0, 0.1) is 6.92 Å². The van der Waals surface area contributed by atoms with Gasteiger partial charge in [0.15, 0.2) is 0 Å². The molecule has 0 amide bonds. The average Bonchev–Trinajstić information content (AvgIpc) is 3.75. The van der Waals surface area contributed by atoms with Crippen molar-refractivity contribution in [2.24, 2.45) is 5.73 Å². The Kier molecular flexibility index (Phi) is 7.58. The third-order valence-corrected chi connectivity index (χ3v) is 12.0. The van der Waals surface area contributed by atoms with Crippen LogP contribution in [0.5, 0.6) is 0 Å². The Labute approximate surface area is 332 Å². The third-order valence-electron chi connectivity index (χ3n) is 12.0. The summed E-state index contributed by atoms with van der Waals surface area (Å²) in [5, 5.41) is 6.37. The predicted molar refractivity (Wildman–Crippen MR) is 242 cm³/mol. The first-order valence-corrected chi connectivity index (χ1v) is 19.6. The van der Waals surface area contributed by atoms with E-state index in [9.17, 15) is 0 Å². The molecule has 1 heterocycles. The molecular formula is C55H38N2. The van der Waals surface area contributed by atoms with Crippen LogP contribution in [0.2, 0.25) is 0 Å². The van der Waals surface area contributed by atoms with Gasteiger partial charge in [0.1, 0.15) is 0 Å². The van der Waals surface area contributed by atoms with Crippen molar-refractivity contribution in [3.8, 4) is 72.4 Å². The molecule has 0 saturated heterocycles. The van der Waals surface area contributed by atoms with Crippen LogP contribution < -0.4 is 5.73 Å². The van der Waals surface area contributed by atoms with Crippen molar-refractivity contribution in [1.82, 2.24) is 4.57 Å². The van der Waals surface area contributed by atoms with E-state index < -0.39 is 0 Å². The largest absolute Gasteiger partial charge is 0.405 e. The van der Waals surface area contributed by atoms with E-state index in [2.05, 4.69) is 200 Å². The average molecular weight is 727 g/mol. The number of benzene rings is 9. The van der Waals surface area contributed by atoms with Crippen LogP contribution in [0.15, 0.2) is 194 Å².